The van der Waals surface area contributed by atoms with Gasteiger partial charge in [0, 0.05) is 19.6 Å². The van der Waals surface area contributed by atoms with Crippen LogP contribution in [0.25, 0.3) is 0 Å². The largest absolute Gasteiger partial charge is 0.451 e. The van der Waals surface area contributed by atoms with Gasteiger partial charge in [-0.15, -0.1) is 0 Å². The zero-order chi connectivity index (χ0) is 18.3. The first-order valence-corrected chi connectivity index (χ1v) is 9.46. The minimum Gasteiger partial charge on any atom is -0.451 e. The molecule has 9 heteroatoms. The highest BCUT2D eigenvalue weighted by atomic mass is 32.1. The molecule has 1 saturated carbocycles. The maximum atomic E-state index is 12.7. The van der Waals surface area contributed by atoms with Gasteiger partial charge in [0.1, 0.15) is 11.1 Å². The highest BCUT2D eigenvalue weighted by molar-refractivity contribution is 7.17. The molecule has 0 spiro atoms. The van der Waals surface area contributed by atoms with Gasteiger partial charge in [0.15, 0.2) is 11.5 Å². The number of aromatic nitrogens is 2. The summed E-state index contributed by atoms with van der Waals surface area (Å²) in [6.07, 6.45) is 5.18. The lowest BCUT2D eigenvalue weighted by atomic mass is 10.1. The molecule has 138 valence electrons. The Morgan fingerprint density at radius 2 is 2.23 bits per heavy atom. The van der Waals surface area contributed by atoms with Crippen molar-refractivity contribution in [2.45, 2.75) is 33.2 Å². The zero-order valence-corrected chi connectivity index (χ0v) is 15.6. The summed E-state index contributed by atoms with van der Waals surface area (Å²) in [6.45, 7) is 6.42. The van der Waals surface area contributed by atoms with Gasteiger partial charge in [-0.2, -0.15) is 0 Å². The minimum atomic E-state index is -0.219. The number of nitrogens with one attached hydrogen (secondary N) is 1. The molecular weight excluding hydrogens is 354 g/mol. The number of rotatable bonds is 6. The van der Waals surface area contributed by atoms with Crippen molar-refractivity contribution in [3.8, 4) is 0 Å². The van der Waals surface area contributed by atoms with Crippen LogP contribution in [0, 0.1) is 12.3 Å². The van der Waals surface area contributed by atoms with Gasteiger partial charge in [0.2, 0.25) is 0 Å². The molecule has 8 nitrogen and oxygen atoms in total. The van der Waals surface area contributed by atoms with Crippen LogP contribution in [-0.4, -0.2) is 46.4 Å². The number of carbonyl (C=O) groups excluding carboxylic acids is 2. The molecule has 1 aliphatic heterocycles. The summed E-state index contributed by atoms with van der Waals surface area (Å²) in [5.74, 6) is -0.219. The van der Waals surface area contributed by atoms with E-state index in [0.717, 1.165) is 6.54 Å². The summed E-state index contributed by atoms with van der Waals surface area (Å²) in [5.41, 5.74) is 1.57. The summed E-state index contributed by atoms with van der Waals surface area (Å²) in [4.78, 5) is 37.6. The van der Waals surface area contributed by atoms with Crippen LogP contribution in [0.5, 0.6) is 0 Å². The Kier molecular flexibility index (Phi) is 4.18. The first-order valence-electron chi connectivity index (χ1n) is 8.64. The minimum absolute atomic E-state index is 0.0126. The third-order valence-electron chi connectivity index (χ3n) is 4.91. The maximum absolute atomic E-state index is 12.7. The average molecular weight is 375 g/mol. The van der Waals surface area contributed by atoms with Gasteiger partial charge in [-0.3, -0.25) is 9.69 Å². The van der Waals surface area contributed by atoms with Crippen molar-refractivity contribution in [1.29, 1.82) is 0 Å². The number of hydrogen-bond acceptors (Lipinski definition) is 6. The van der Waals surface area contributed by atoms with Crippen molar-refractivity contribution in [3.63, 3.8) is 0 Å². The maximum Gasteiger partial charge on any atom is 0.326 e. The third kappa shape index (κ3) is 3.31. The molecule has 1 aliphatic carbocycles. The van der Waals surface area contributed by atoms with E-state index in [-0.39, 0.29) is 23.9 Å². The van der Waals surface area contributed by atoms with E-state index in [4.69, 9.17) is 4.42 Å². The van der Waals surface area contributed by atoms with Crippen LogP contribution in [0.2, 0.25) is 0 Å². The van der Waals surface area contributed by atoms with Crippen LogP contribution >= 0.6 is 11.3 Å². The Bertz CT molecular complexity index is 828. The smallest absolute Gasteiger partial charge is 0.326 e. The molecular formula is C17H21N5O3S. The van der Waals surface area contributed by atoms with Gasteiger partial charge in [0.05, 0.1) is 17.9 Å². The van der Waals surface area contributed by atoms with Gasteiger partial charge < -0.3 is 14.6 Å². The highest BCUT2D eigenvalue weighted by Gasteiger charge is 2.43. The Morgan fingerprint density at radius 1 is 1.42 bits per heavy atom. The van der Waals surface area contributed by atoms with Crippen LogP contribution < -0.4 is 10.2 Å². The number of urea groups is 1. The molecule has 0 atom stereocenters. The highest BCUT2D eigenvalue weighted by Crippen LogP contribution is 2.46. The number of amides is 3. The van der Waals surface area contributed by atoms with Crippen LogP contribution in [0.1, 0.15) is 40.8 Å². The molecule has 0 unspecified atom stereocenters. The van der Waals surface area contributed by atoms with Crippen molar-refractivity contribution in [2.75, 3.05) is 24.5 Å². The fourth-order valence-corrected chi connectivity index (χ4v) is 4.03. The Hall–Kier alpha value is -2.42. The van der Waals surface area contributed by atoms with E-state index in [0.29, 0.717) is 34.5 Å². The molecule has 2 aliphatic rings. The number of oxazole rings is 1. The lowest BCUT2D eigenvalue weighted by molar-refractivity contribution is 0.0953. The van der Waals surface area contributed by atoms with Gasteiger partial charge in [-0.25, -0.2) is 14.8 Å². The second-order valence-electron chi connectivity index (χ2n) is 7.24. The van der Waals surface area contributed by atoms with Crippen LogP contribution in [0.3, 0.4) is 0 Å². The monoisotopic (exact) mass is 375 g/mol. The molecule has 1 N–H and O–H groups in total. The summed E-state index contributed by atoms with van der Waals surface area (Å²) in [6, 6.07) is -0.0126. The Morgan fingerprint density at radius 3 is 2.92 bits per heavy atom. The molecule has 26 heavy (non-hydrogen) atoms. The number of carbonyl (C=O) groups is 2. The zero-order valence-electron chi connectivity index (χ0n) is 14.8. The van der Waals surface area contributed by atoms with Crippen molar-refractivity contribution in [2.24, 2.45) is 5.41 Å². The number of aryl methyl sites for hydroxylation is 1. The molecule has 3 heterocycles. The summed E-state index contributed by atoms with van der Waals surface area (Å²) in [5, 5.41) is 3.39. The van der Waals surface area contributed by atoms with Gasteiger partial charge in [-0.1, -0.05) is 18.3 Å². The lowest BCUT2D eigenvalue weighted by Crippen LogP contribution is -2.35. The first-order chi connectivity index (χ1) is 12.5. The quantitative estimate of drug-likeness (QED) is 0.837. The summed E-state index contributed by atoms with van der Waals surface area (Å²) >= 11 is 1.25. The van der Waals surface area contributed by atoms with E-state index in [1.54, 1.807) is 11.8 Å². The van der Waals surface area contributed by atoms with E-state index in [9.17, 15) is 9.59 Å². The average Bonchev–Trinajstić information content (AvgIpc) is 3.02. The van der Waals surface area contributed by atoms with E-state index in [1.165, 1.54) is 36.8 Å². The standard InChI is InChI=1S/C17H21N5O3S/c1-11-13(14(23)18-7-12-8-25-10-19-12)26-15(20-11)22-6-5-21(16(22)24)9-17(2)3-4-17/h8,10H,3-7,9H2,1-2H3,(H,18,23). The molecule has 0 aromatic carbocycles. The third-order valence-corrected chi connectivity index (χ3v) is 6.09. The van der Waals surface area contributed by atoms with E-state index >= 15 is 0 Å². The van der Waals surface area contributed by atoms with Crippen molar-refractivity contribution >= 4 is 28.4 Å². The Balaban J connectivity index is 1.42. The molecule has 4 rings (SSSR count). The summed E-state index contributed by atoms with van der Waals surface area (Å²) in [7, 11) is 0. The topological polar surface area (TPSA) is 91.6 Å². The number of nitrogens with zero attached hydrogens (tertiary/aromatic N) is 4. The molecule has 1 saturated heterocycles. The number of hydrogen-bond donors (Lipinski definition) is 1. The van der Waals surface area contributed by atoms with E-state index in [2.05, 4.69) is 22.2 Å². The fraction of sp³-hybridized carbons (Fsp3) is 0.529. The van der Waals surface area contributed by atoms with Crippen LogP contribution in [0.4, 0.5) is 9.93 Å². The molecule has 2 fully saturated rings. The SMILES string of the molecule is Cc1nc(N2CCN(CC3(C)CC3)C2=O)sc1C(=O)NCc1cocn1. The van der Waals surface area contributed by atoms with Crippen LogP contribution in [0.15, 0.2) is 17.1 Å². The number of anilines is 1. The first kappa shape index (κ1) is 17.0. The second kappa shape index (κ2) is 6.39. The lowest BCUT2D eigenvalue weighted by Gasteiger charge is -2.20. The molecule has 2 aromatic rings. The van der Waals surface area contributed by atoms with Gasteiger partial charge in [0.25, 0.3) is 5.91 Å². The van der Waals surface area contributed by atoms with Crippen molar-refractivity contribution < 1.29 is 14.0 Å². The molecule has 0 bridgehead atoms. The van der Waals surface area contributed by atoms with Crippen LogP contribution in [-0.2, 0) is 6.54 Å². The van der Waals surface area contributed by atoms with Crippen molar-refractivity contribution in [3.05, 3.63) is 28.9 Å². The molecule has 3 amide bonds. The van der Waals surface area contributed by atoms with E-state index in [1.807, 2.05) is 4.90 Å². The van der Waals surface area contributed by atoms with E-state index < -0.39 is 0 Å². The van der Waals surface area contributed by atoms with Crippen molar-refractivity contribution in [1.82, 2.24) is 20.2 Å². The van der Waals surface area contributed by atoms with Gasteiger partial charge in [-0.05, 0) is 25.2 Å². The normalized spacial score (nSPS) is 18.5. The predicted molar refractivity (Wildman–Crippen MR) is 96.2 cm³/mol. The second-order valence-corrected chi connectivity index (χ2v) is 8.22. The molecule has 0 radical (unpaired) electrons. The summed E-state index contributed by atoms with van der Waals surface area (Å²) < 4.78 is 4.89. The Labute approximate surface area is 155 Å². The fourth-order valence-electron chi connectivity index (χ4n) is 3.02. The predicted octanol–water partition coefficient (Wildman–Crippen LogP) is 2.41. The number of thiazole rings is 1. The molecule has 2 aromatic heterocycles. The van der Waals surface area contributed by atoms with Gasteiger partial charge >= 0.3 is 6.03 Å².